The first-order valence-corrected chi connectivity index (χ1v) is 5.70. The smallest absolute Gasteiger partial charge is 0.321 e. The van der Waals surface area contributed by atoms with Gasteiger partial charge in [0.05, 0.1) is 7.11 Å². The Morgan fingerprint density at radius 3 is 2.88 bits per heavy atom. The third-order valence-corrected chi connectivity index (χ3v) is 3.38. The van der Waals surface area contributed by atoms with Gasteiger partial charge in [0.25, 0.3) is 0 Å². The lowest BCUT2D eigenvalue weighted by atomic mass is 10.00. The van der Waals surface area contributed by atoms with Crippen molar-refractivity contribution in [2.75, 3.05) is 20.7 Å². The van der Waals surface area contributed by atoms with Crippen LogP contribution in [0.15, 0.2) is 18.2 Å². The molecule has 1 N–H and O–H groups in total. The minimum Gasteiger partial charge on any atom is -0.497 e. The normalized spacial score (nSPS) is 20.5. The summed E-state index contributed by atoms with van der Waals surface area (Å²) in [4.78, 5) is 13.1. The largest absolute Gasteiger partial charge is 0.497 e. The fourth-order valence-electron chi connectivity index (χ4n) is 2.26. The molecule has 0 spiro atoms. The van der Waals surface area contributed by atoms with Gasteiger partial charge in [0.2, 0.25) is 0 Å². The number of carboxylic acid groups (broad SMARTS) is 1. The number of hydrogen-bond acceptors (Lipinski definition) is 3. The number of rotatable bonds is 2. The molecule has 0 amide bonds. The third kappa shape index (κ3) is 2.42. The van der Waals surface area contributed by atoms with E-state index in [1.165, 1.54) is 5.56 Å². The molecule has 1 heterocycles. The van der Waals surface area contributed by atoms with Crippen LogP contribution >= 0.6 is 0 Å². The monoisotopic (exact) mass is 235 g/mol. The van der Waals surface area contributed by atoms with Gasteiger partial charge in [0.15, 0.2) is 0 Å². The molecule has 0 radical (unpaired) electrons. The summed E-state index contributed by atoms with van der Waals surface area (Å²) in [5.41, 5.74) is 2.31. The fourth-order valence-corrected chi connectivity index (χ4v) is 2.26. The van der Waals surface area contributed by atoms with Crippen LogP contribution < -0.4 is 4.74 Å². The molecule has 4 heteroatoms. The van der Waals surface area contributed by atoms with Crippen LogP contribution in [0.25, 0.3) is 0 Å². The van der Waals surface area contributed by atoms with Crippen LogP contribution in [-0.2, 0) is 17.6 Å². The average Bonchev–Trinajstić information content (AvgIpc) is 2.48. The Labute approximate surface area is 101 Å². The Hall–Kier alpha value is -1.55. The highest BCUT2D eigenvalue weighted by Crippen LogP contribution is 2.23. The molecule has 1 aliphatic heterocycles. The van der Waals surface area contributed by atoms with Crippen LogP contribution in [0.5, 0.6) is 5.75 Å². The molecule has 1 unspecified atom stereocenters. The number of fused-ring (bicyclic) bond motifs is 1. The number of benzene rings is 1. The topological polar surface area (TPSA) is 49.8 Å². The van der Waals surface area contributed by atoms with E-state index in [4.69, 9.17) is 4.74 Å². The van der Waals surface area contributed by atoms with Gasteiger partial charge in [-0.1, -0.05) is 6.07 Å². The first kappa shape index (κ1) is 11.9. The average molecular weight is 235 g/mol. The fraction of sp³-hybridized carbons (Fsp3) is 0.462. The summed E-state index contributed by atoms with van der Waals surface area (Å²) >= 11 is 0. The number of carbonyl (C=O) groups is 1. The van der Waals surface area contributed by atoms with Crippen molar-refractivity contribution in [1.29, 1.82) is 0 Å². The van der Waals surface area contributed by atoms with Gasteiger partial charge in [0.1, 0.15) is 11.8 Å². The predicted octanol–water partition coefficient (Wildman–Crippen LogP) is 1.18. The lowest BCUT2D eigenvalue weighted by molar-refractivity contribution is -0.142. The van der Waals surface area contributed by atoms with E-state index in [1.807, 2.05) is 30.1 Å². The standard InChI is InChI=1S/C13H17NO3/c1-14-6-5-9-3-4-11(17-2)7-10(9)8-12(14)13(15)16/h3-4,7,12H,5-6,8H2,1-2H3,(H,15,16). The van der Waals surface area contributed by atoms with Gasteiger partial charge < -0.3 is 9.84 Å². The molecule has 1 aromatic carbocycles. The van der Waals surface area contributed by atoms with E-state index in [-0.39, 0.29) is 0 Å². The van der Waals surface area contributed by atoms with Crippen molar-refractivity contribution in [3.63, 3.8) is 0 Å². The number of nitrogens with zero attached hydrogens (tertiary/aromatic N) is 1. The number of hydrogen-bond donors (Lipinski definition) is 1. The Morgan fingerprint density at radius 2 is 2.24 bits per heavy atom. The molecule has 0 aromatic heterocycles. The first-order chi connectivity index (χ1) is 8.11. The second-order valence-electron chi connectivity index (χ2n) is 4.42. The summed E-state index contributed by atoms with van der Waals surface area (Å²) in [6.45, 7) is 0.774. The molecule has 92 valence electrons. The molecule has 1 aromatic rings. The highest BCUT2D eigenvalue weighted by atomic mass is 16.5. The van der Waals surface area contributed by atoms with E-state index < -0.39 is 12.0 Å². The zero-order valence-corrected chi connectivity index (χ0v) is 10.1. The Morgan fingerprint density at radius 1 is 1.47 bits per heavy atom. The summed E-state index contributed by atoms with van der Waals surface area (Å²) in [5.74, 6) is 0.0283. The van der Waals surface area contributed by atoms with E-state index in [1.54, 1.807) is 7.11 Å². The number of aliphatic carboxylic acids is 1. The molecule has 1 aliphatic rings. The maximum Gasteiger partial charge on any atom is 0.321 e. The molecule has 1 atom stereocenters. The number of carboxylic acids is 1. The van der Waals surface area contributed by atoms with Gasteiger partial charge in [-0.2, -0.15) is 0 Å². The van der Waals surface area contributed by atoms with E-state index in [2.05, 4.69) is 0 Å². The van der Waals surface area contributed by atoms with Gasteiger partial charge in [-0.05, 0) is 43.1 Å². The maximum atomic E-state index is 11.2. The summed E-state index contributed by atoms with van der Waals surface area (Å²) in [5, 5.41) is 9.21. The highest BCUT2D eigenvalue weighted by Gasteiger charge is 2.26. The molecule has 2 rings (SSSR count). The second kappa shape index (κ2) is 4.75. The molecule has 17 heavy (non-hydrogen) atoms. The Kier molecular flexibility index (Phi) is 3.33. The van der Waals surface area contributed by atoms with Gasteiger partial charge in [-0.3, -0.25) is 9.69 Å². The summed E-state index contributed by atoms with van der Waals surface area (Å²) in [6.07, 6.45) is 1.43. The van der Waals surface area contributed by atoms with Gasteiger partial charge >= 0.3 is 5.97 Å². The van der Waals surface area contributed by atoms with Crippen molar-refractivity contribution in [3.05, 3.63) is 29.3 Å². The number of methoxy groups -OCH3 is 1. The highest BCUT2D eigenvalue weighted by molar-refractivity contribution is 5.74. The van der Waals surface area contributed by atoms with Gasteiger partial charge in [-0.25, -0.2) is 0 Å². The van der Waals surface area contributed by atoms with Gasteiger partial charge in [-0.15, -0.1) is 0 Å². The molecule has 0 saturated carbocycles. The van der Waals surface area contributed by atoms with Crippen molar-refractivity contribution < 1.29 is 14.6 Å². The molecule has 4 nitrogen and oxygen atoms in total. The predicted molar refractivity (Wildman–Crippen MR) is 64.5 cm³/mol. The summed E-state index contributed by atoms with van der Waals surface area (Å²) in [6, 6.07) is 5.47. The minimum atomic E-state index is -0.761. The summed E-state index contributed by atoms with van der Waals surface area (Å²) in [7, 11) is 3.49. The van der Waals surface area contributed by atoms with Crippen LogP contribution in [0, 0.1) is 0 Å². The quantitative estimate of drug-likeness (QED) is 0.836. The van der Waals surface area contributed by atoms with E-state index in [0.717, 1.165) is 24.3 Å². The van der Waals surface area contributed by atoms with Crippen LogP contribution in [0.1, 0.15) is 11.1 Å². The molecule has 0 aliphatic carbocycles. The SMILES string of the molecule is COc1ccc2c(c1)CC(C(=O)O)N(C)CC2. The van der Waals surface area contributed by atoms with Crippen molar-refractivity contribution >= 4 is 5.97 Å². The van der Waals surface area contributed by atoms with Crippen LogP contribution in [0.3, 0.4) is 0 Å². The third-order valence-electron chi connectivity index (χ3n) is 3.38. The summed E-state index contributed by atoms with van der Waals surface area (Å²) < 4.78 is 5.18. The Balaban J connectivity index is 2.34. The molecule has 0 bridgehead atoms. The molecule has 0 fully saturated rings. The minimum absolute atomic E-state index is 0.441. The maximum absolute atomic E-state index is 11.2. The zero-order valence-electron chi connectivity index (χ0n) is 10.1. The molecule has 0 saturated heterocycles. The van der Waals surface area contributed by atoms with Gasteiger partial charge in [0, 0.05) is 6.54 Å². The van der Waals surface area contributed by atoms with E-state index in [9.17, 15) is 9.90 Å². The zero-order chi connectivity index (χ0) is 12.4. The molecular formula is C13H17NO3. The number of ether oxygens (including phenoxy) is 1. The van der Waals surface area contributed by atoms with Crippen molar-refractivity contribution in [3.8, 4) is 5.75 Å². The number of likely N-dealkylation sites (N-methyl/N-ethyl adjacent to an activating group) is 1. The van der Waals surface area contributed by atoms with Crippen LogP contribution in [-0.4, -0.2) is 42.7 Å². The van der Waals surface area contributed by atoms with Crippen molar-refractivity contribution in [2.45, 2.75) is 18.9 Å². The van der Waals surface area contributed by atoms with E-state index >= 15 is 0 Å². The lowest BCUT2D eigenvalue weighted by Crippen LogP contribution is -2.39. The van der Waals surface area contributed by atoms with Crippen LogP contribution in [0.4, 0.5) is 0 Å². The molecular weight excluding hydrogens is 218 g/mol. The van der Waals surface area contributed by atoms with Crippen molar-refractivity contribution in [1.82, 2.24) is 4.90 Å². The van der Waals surface area contributed by atoms with E-state index in [0.29, 0.717) is 6.42 Å². The van der Waals surface area contributed by atoms with Crippen LogP contribution in [0.2, 0.25) is 0 Å². The second-order valence-corrected chi connectivity index (χ2v) is 4.42. The lowest BCUT2D eigenvalue weighted by Gasteiger charge is -2.21. The van der Waals surface area contributed by atoms with Crippen molar-refractivity contribution in [2.24, 2.45) is 0 Å². The Bertz CT molecular complexity index is 431. The first-order valence-electron chi connectivity index (χ1n) is 5.70.